The first-order valence-electron chi connectivity index (χ1n) is 3.81. The van der Waals surface area contributed by atoms with E-state index >= 15 is 0 Å². The molecule has 0 amide bonds. The number of thioether (sulfide) groups is 1. The molecule has 0 spiro atoms. The van der Waals surface area contributed by atoms with Gasteiger partial charge in [0.2, 0.25) is 0 Å². The van der Waals surface area contributed by atoms with Crippen molar-refractivity contribution >= 4 is 11.8 Å². The van der Waals surface area contributed by atoms with E-state index in [2.05, 4.69) is 23.9 Å². The molecule has 0 aromatic carbocycles. The molecule has 1 saturated heterocycles. The number of hydrogen-bond donors (Lipinski definition) is 0. The molecular weight excluding hydrogens is 158 g/mol. The Labute approximate surface area is 71.2 Å². The maximum absolute atomic E-state index is 8.15. The van der Waals surface area contributed by atoms with Gasteiger partial charge in [-0.25, -0.2) is 0 Å². The van der Waals surface area contributed by atoms with Crippen molar-refractivity contribution in [3.8, 4) is 0 Å². The summed E-state index contributed by atoms with van der Waals surface area (Å²) in [7, 11) is 0. The van der Waals surface area contributed by atoms with Gasteiger partial charge in [-0.3, -0.25) is 0 Å². The van der Waals surface area contributed by atoms with E-state index in [1.165, 1.54) is 12.2 Å². The largest absolute Gasteiger partial charge is 0.155 e. The Balaban J connectivity index is 2.50. The zero-order chi connectivity index (χ0) is 8.32. The standard InChI is InChI=1S/C7H13N3S/c1-7(2)6(3-4-11-7)5-9-10-8/h6H,3-5H2,1-2H3. The van der Waals surface area contributed by atoms with Gasteiger partial charge in [-0.15, -0.1) is 0 Å². The Morgan fingerprint density at radius 2 is 2.45 bits per heavy atom. The first kappa shape index (κ1) is 8.75. The molecule has 1 aliphatic heterocycles. The van der Waals surface area contributed by atoms with Crippen LogP contribution in [0.3, 0.4) is 0 Å². The Kier molecular flexibility index (Phi) is 2.68. The highest BCUT2D eigenvalue weighted by Crippen LogP contribution is 2.42. The summed E-state index contributed by atoms with van der Waals surface area (Å²) in [6.07, 6.45) is 1.19. The van der Waals surface area contributed by atoms with Gasteiger partial charge in [-0.1, -0.05) is 19.0 Å². The summed E-state index contributed by atoms with van der Waals surface area (Å²) < 4.78 is 0.314. The Morgan fingerprint density at radius 1 is 1.73 bits per heavy atom. The van der Waals surface area contributed by atoms with E-state index in [1.807, 2.05) is 11.8 Å². The highest BCUT2D eigenvalue weighted by atomic mass is 32.2. The predicted octanol–water partition coefficient (Wildman–Crippen LogP) is 2.83. The van der Waals surface area contributed by atoms with Gasteiger partial charge in [0, 0.05) is 16.2 Å². The van der Waals surface area contributed by atoms with E-state index < -0.39 is 0 Å². The summed E-state index contributed by atoms with van der Waals surface area (Å²) >= 11 is 1.97. The first-order chi connectivity index (χ1) is 5.17. The topological polar surface area (TPSA) is 48.8 Å². The lowest BCUT2D eigenvalue weighted by molar-refractivity contribution is 0.446. The lowest BCUT2D eigenvalue weighted by Gasteiger charge is -2.23. The number of hydrogen-bond acceptors (Lipinski definition) is 2. The van der Waals surface area contributed by atoms with Crippen LogP contribution in [-0.2, 0) is 0 Å². The maximum atomic E-state index is 8.15. The van der Waals surface area contributed by atoms with E-state index in [1.54, 1.807) is 0 Å². The van der Waals surface area contributed by atoms with Gasteiger partial charge in [-0.2, -0.15) is 11.8 Å². The van der Waals surface area contributed by atoms with E-state index in [-0.39, 0.29) is 0 Å². The molecule has 0 aromatic heterocycles. The third-order valence-corrected chi connectivity index (χ3v) is 3.81. The van der Waals surface area contributed by atoms with Crippen LogP contribution in [0.2, 0.25) is 0 Å². The zero-order valence-corrected chi connectivity index (χ0v) is 7.77. The summed E-state index contributed by atoms with van der Waals surface area (Å²) in [5.41, 5.74) is 8.15. The maximum Gasteiger partial charge on any atom is 0.0299 e. The summed E-state index contributed by atoms with van der Waals surface area (Å²) in [4.78, 5) is 2.78. The molecule has 1 aliphatic rings. The third-order valence-electron chi connectivity index (χ3n) is 2.29. The van der Waals surface area contributed by atoms with Gasteiger partial charge in [0.15, 0.2) is 0 Å². The molecule has 1 heterocycles. The van der Waals surface area contributed by atoms with Gasteiger partial charge in [0.1, 0.15) is 0 Å². The molecule has 0 aliphatic carbocycles. The molecule has 3 nitrogen and oxygen atoms in total. The van der Waals surface area contributed by atoms with E-state index in [0.717, 1.165) is 0 Å². The molecule has 1 fully saturated rings. The van der Waals surface area contributed by atoms with Crippen LogP contribution in [0.15, 0.2) is 5.11 Å². The van der Waals surface area contributed by atoms with Gasteiger partial charge in [-0.05, 0) is 23.6 Å². The van der Waals surface area contributed by atoms with Crippen molar-refractivity contribution in [2.24, 2.45) is 11.0 Å². The van der Waals surface area contributed by atoms with E-state index in [4.69, 9.17) is 5.53 Å². The van der Waals surface area contributed by atoms with Crippen LogP contribution in [0.5, 0.6) is 0 Å². The van der Waals surface area contributed by atoms with Crippen molar-refractivity contribution in [3.63, 3.8) is 0 Å². The Morgan fingerprint density at radius 3 is 2.91 bits per heavy atom. The molecule has 0 saturated carbocycles. The fourth-order valence-electron chi connectivity index (χ4n) is 1.38. The average molecular weight is 171 g/mol. The molecule has 0 aromatic rings. The van der Waals surface area contributed by atoms with E-state index in [0.29, 0.717) is 17.2 Å². The molecule has 1 rings (SSSR count). The smallest absolute Gasteiger partial charge is 0.0299 e. The van der Waals surface area contributed by atoms with Crippen LogP contribution in [0.1, 0.15) is 20.3 Å². The molecule has 62 valence electrons. The monoisotopic (exact) mass is 171 g/mol. The first-order valence-corrected chi connectivity index (χ1v) is 4.80. The molecule has 0 radical (unpaired) electrons. The summed E-state index contributed by atoms with van der Waals surface area (Å²) in [5, 5.41) is 3.62. The minimum absolute atomic E-state index is 0.314. The molecular formula is C7H13N3S. The number of nitrogens with zero attached hydrogens (tertiary/aromatic N) is 3. The van der Waals surface area contributed by atoms with Gasteiger partial charge in [0.05, 0.1) is 0 Å². The van der Waals surface area contributed by atoms with Gasteiger partial charge in [0.25, 0.3) is 0 Å². The number of rotatable bonds is 2. The number of azide groups is 1. The molecule has 0 bridgehead atoms. The quantitative estimate of drug-likeness (QED) is 0.358. The second kappa shape index (κ2) is 3.37. The predicted molar refractivity (Wildman–Crippen MR) is 48.7 cm³/mol. The van der Waals surface area contributed by atoms with Gasteiger partial charge < -0.3 is 0 Å². The molecule has 0 N–H and O–H groups in total. The average Bonchev–Trinajstić information content (AvgIpc) is 2.25. The van der Waals surface area contributed by atoms with Crippen LogP contribution in [0, 0.1) is 5.92 Å². The summed E-state index contributed by atoms with van der Waals surface area (Å²) in [5.74, 6) is 1.78. The molecule has 1 atom stereocenters. The summed E-state index contributed by atoms with van der Waals surface area (Å²) in [6, 6.07) is 0. The summed E-state index contributed by atoms with van der Waals surface area (Å²) in [6.45, 7) is 5.11. The Hall–Kier alpha value is -0.340. The second-order valence-corrected chi connectivity index (χ2v) is 5.10. The third kappa shape index (κ3) is 2.04. The Bertz CT molecular complexity index is 184. The fraction of sp³-hybridized carbons (Fsp3) is 1.00. The van der Waals surface area contributed by atoms with Crippen LogP contribution in [0.25, 0.3) is 10.4 Å². The second-order valence-electron chi connectivity index (χ2n) is 3.35. The van der Waals surface area contributed by atoms with Crippen molar-refractivity contribution in [2.45, 2.75) is 25.0 Å². The zero-order valence-electron chi connectivity index (χ0n) is 6.95. The van der Waals surface area contributed by atoms with Crippen molar-refractivity contribution < 1.29 is 0 Å². The highest BCUT2D eigenvalue weighted by Gasteiger charge is 2.34. The normalized spacial score (nSPS) is 28.0. The fourth-order valence-corrected chi connectivity index (χ4v) is 2.73. The minimum Gasteiger partial charge on any atom is -0.155 e. The lowest BCUT2D eigenvalue weighted by Crippen LogP contribution is -2.24. The van der Waals surface area contributed by atoms with Crippen LogP contribution >= 0.6 is 11.8 Å². The van der Waals surface area contributed by atoms with Crippen molar-refractivity contribution in [3.05, 3.63) is 10.4 Å². The lowest BCUT2D eigenvalue weighted by atomic mass is 9.93. The van der Waals surface area contributed by atoms with Gasteiger partial charge >= 0.3 is 0 Å². The van der Waals surface area contributed by atoms with Crippen LogP contribution < -0.4 is 0 Å². The van der Waals surface area contributed by atoms with E-state index in [9.17, 15) is 0 Å². The molecule has 1 unspecified atom stereocenters. The van der Waals surface area contributed by atoms with Crippen molar-refractivity contribution in [1.82, 2.24) is 0 Å². The highest BCUT2D eigenvalue weighted by molar-refractivity contribution is 8.00. The van der Waals surface area contributed by atoms with Crippen molar-refractivity contribution in [1.29, 1.82) is 0 Å². The molecule has 11 heavy (non-hydrogen) atoms. The minimum atomic E-state index is 0.314. The van der Waals surface area contributed by atoms with Crippen LogP contribution in [0.4, 0.5) is 0 Å². The van der Waals surface area contributed by atoms with Crippen molar-refractivity contribution in [2.75, 3.05) is 12.3 Å². The van der Waals surface area contributed by atoms with Crippen LogP contribution in [-0.4, -0.2) is 17.0 Å². The SMILES string of the molecule is CC1(C)SCCC1CN=[N+]=[N-]. The molecule has 4 heteroatoms.